The molecule has 4 aromatic rings. The maximum absolute atomic E-state index is 12.5. The van der Waals surface area contributed by atoms with E-state index in [4.69, 9.17) is 4.98 Å². The Hall–Kier alpha value is -3.37. The molecule has 3 aromatic heterocycles. The molecule has 6 nitrogen and oxygen atoms in total. The molecule has 0 saturated heterocycles. The maximum atomic E-state index is 12.5. The lowest BCUT2D eigenvalue weighted by Crippen LogP contribution is -2.05. The Morgan fingerprint density at radius 1 is 1.11 bits per heavy atom. The van der Waals surface area contributed by atoms with Crippen LogP contribution in [0, 0.1) is 12.8 Å². The SMILES string of the molecule is Cc1ccc(-c2cnc(Nc3nc(-c4ccc(OC(F)F)cc4)c(CC(C)C)s3)c(C(=O)O)c2)s1. The summed E-state index contributed by atoms with van der Waals surface area (Å²) in [7, 11) is 0. The Bertz CT molecular complexity index is 1330. The second-order valence-corrected chi connectivity index (χ2v) is 10.6. The van der Waals surface area contributed by atoms with Gasteiger partial charge in [-0.1, -0.05) is 13.8 Å². The van der Waals surface area contributed by atoms with Crippen LogP contribution in [0.3, 0.4) is 0 Å². The largest absolute Gasteiger partial charge is 0.478 e. The first-order valence-electron chi connectivity index (χ1n) is 10.8. The molecule has 0 saturated carbocycles. The zero-order chi connectivity index (χ0) is 25.1. The van der Waals surface area contributed by atoms with Crippen LogP contribution in [-0.2, 0) is 6.42 Å². The van der Waals surface area contributed by atoms with Gasteiger partial charge in [0.25, 0.3) is 0 Å². The van der Waals surface area contributed by atoms with Crippen molar-refractivity contribution in [3.8, 4) is 27.4 Å². The average Bonchev–Trinajstić information content (AvgIpc) is 3.39. The number of rotatable bonds is 9. The highest BCUT2D eigenvalue weighted by molar-refractivity contribution is 7.16. The van der Waals surface area contributed by atoms with E-state index in [1.165, 1.54) is 23.5 Å². The van der Waals surface area contributed by atoms with Gasteiger partial charge in [-0.2, -0.15) is 8.78 Å². The number of nitrogens with one attached hydrogen (secondary N) is 1. The molecular weight excluding hydrogens is 492 g/mol. The van der Waals surface area contributed by atoms with Crippen molar-refractivity contribution < 1.29 is 23.4 Å². The summed E-state index contributed by atoms with van der Waals surface area (Å²) in [6, 6.07) is 11.8. The lowest BCUT2D eigenvalue weighted by atomic mass is 10.0. The van der Waals surface area contributed by atoms with Gasteiger partial charge >= 0.3 is 12.6 Å². The molecule has 4 rings (SSSR count). The van der Waals surface area contributed by atoms with E-state index in [1.807, 2.05) is 19.1 Å². The molecule has 0 aliphatic heterocycles. The van der Waals surface area contributed by atoms with Crippen LogP contribution >= 0.6 is 22.7 Å². The summed E-state index contributed by atoms with van der Waals surface area (Å²) >= 11 is 2.98. The van der Waals surface area contributed by atoms with Crippen LogP contribution < -0.4 is 10.1 Å². The molecule has 0 bridgehead atoms. The summed E-state index contributed by atoms with van der Waals surface area (Å²) in [5.74, 6) is -0.473. The van der Waals surface area contributed by atoms with Gasteiger partial charge in [-0.25, -0.2) is 14.8 Å². The number of thiophene rings is 1. The third-order valence-electron chi connectivity index (χ3n) is 5.01. The van der Waals surface area contributed by atoms with E-state index in [1.54, 1.807) is 35.7 Å². The first kappa shape index (κ1) is 24.7. The molecule has 35 heavy (non-hydrogen) atoms. The molecule has 3 heterocycles. The standard InChI is InChI=1S/C25H23F2N3O3S2/c1-13(2)10-20-21(15-5-7-17(8-6-15)33-24(26)27)29-25(35-20)30-22-18(23(31)32)11-16(12-28-22)19-9-4-14(3)34-19/h4-9,11-13,24H,10H2,1-3H3,(H,31,32)(H,28,29,30). The van der Waals surface area contributed by atoms with Gasteiger partial charge in [-0.3, -0.25) is 0 Å². The molecule has 182 valence electrons. The molecule has 0 fully saturated rings. The second kappa shape index (κ2) is 10.5. The first-order valence-corrected chi connectivity index (χ1v) is 12.4. The number of carbonyl (C=O) groups is 1. The van der Waals surface area contributed by atoms with Gasteiger partial charge in [0.05, 0.1) is 5.69 Å². The van der Waals surface area contributed by atoms with Crippen molar-refractivity contribution >= 4 is 39.6 Å². The lowest BCUT2D eigenvalue weighted by molar-refractivity contribution is -0.0498. The van der Waals surface area contributed by atoms with Crippen molar-refractivity contribution in [1.82, 2.24) is 9.97 Å². The predicted molar refractivity (Wildman–Crippen MR) is 135 cm³/mol. The summed E-state index contributed by atoms with van der Waals surface area (Å²) in [5, 5.41) is 13.4. The van der Waals surface area contributed by atoms with Crippen molar-refractivity contribution in [3.63, 3.8) is 0 Å². The molecule has 0 aliphatic rings. The number of halogens is 2. The normalized spacial score (nSPS) is 11.3. The van der Waals surface area contributed by atoms with Crippen molar-refractivity contribution in [1.29, 1.82) is 0 Å². The number of carboxylic acids is 1. The number of pyridine rings is 1. The first-order chi connectivity index (χ1) is 16.7. The average molecular weight is 516 g/mol. The molecule has 0 radical (unpaired) electrons. The minimum Gasteiger partial charge on any atom is -0.478 e. The number of thiazole rings is 1. The van der Waals surface area contributed by atoms with Gasteiger partial charge in [0.1, 0.15) is 17.1 Å². The van der Waals surface area contributed by atoms with Crippen LogP contribution in [0.25, 0.3) is 21.7 Å². The number of ether oxygens (including phenoxy) is 1. The van der Waals surface area contributed by atoms with E-state index in [2.05, 4.69) is 28.9 Å². The number of hydrogen-bond acceptors (Lipinski definition) is 7. The molecule has 10 heteroatoms. The second-order valence-electron chi connectivity index (χ2n) is 8.25. The third-order valence-corrected chi connectivity index (χ3v) is 7.06. The van der Waals surface area contributed by atoms with Gasteiger partial charge < -0.3 is 15.2 Å². The van der Waals surface area contributed by atoms with E-state index >= 15 is 0 Å². The molecule has 0 unspecified atom stereocenters. The van der Waals surface area contributed by atoms with Gasteiger partial charge in [-0.05, 0) is 61.7 Å². The number of carboxylic acid groups (broad SMARTS) is 1. The topological polar surface area (TPSA) is 84.3 Å². The van der Waals surface area contributed by atoms with Crippen molar-refractivity contribution in [2.24, 2.45) is 5.92 Å². The van der Waals surface area contributed by atoms with Crippen LogP contribution in [0.2, 0.25) is 0 Å². The Morgan fingerprint density at radius 2 is 1.86 bits per heavy atom. The van der Waals surface area contributed by atoms with Gasteiger partial charge in [0, 0.05) is 32.0 Å². The summed E-state index contributed by atoms with van der Waals surface area (Å²) in [4.78, 5) is 24.1. The number of aromatic nitrogens is 2. The minimum atomic E-state index is -2.89. The number of anilines is 2. The Balaban J connectivity index is 1.66. The smallest absolute Gasteiger partial charge is 0.387 e. The molecule has 0 spiro atoms. The fourth-order valence-electron chi connectivity index (χ4n) is 3.49. The summed E-state index contributed by atoms with van der Waals surface area (Å²) in [5.41, 5.74) is 2.24. The Kier molecular flexibility index (Phi) is 7.42. The van der Waals surface area contributed by atoms with E-state index in [0.717, 1.165) is 32.2 Å². The molecule has 0 atom stereocenters. The molecule has 1 aromatic carbocycles. The predicted octanol–water partition coefficient (Wildman–Crippen LogP) is 7.48. The molecule has 0 aliphatic carbocycles. The molecule has 2 N–H and O–H groups in total. The number of nitrogens with zero attached hydrogens (tertiary/aromatic N) is 2. The van der Waals surface area contributed by atoms with E-state index < -0.39 is 12.6 Å². The maximum Gasteiger partial charge on any atom is 0.387 e. The van der Waals surface area contributed by atoms with Crippen LogP contribution in [0.15, 0.2) is 48.7 Å². The monoisotopic (exact) mass is 515 g/mol. The highest BCUT2D eigenvalue weighted by atomic mass is 32.1. The summed E-state index contributed by atoms with van der Waals surface area (Å²) in [6.07, 6.45) is 2.39. The third kappa shape index (κ3) is 6.01. The van der Waals surface area contributed by atoms with E-state index in [0.29, 0.717) is 16.7 Å². The Labute approximate surface area is 209 Å². The quantitative estimate of drug-likeness (QED) is 0.240. The highest BCUT2D eigenvalue weighted by Crippen LogP contribution is 2.36. The van der Waals surface area contributed by atoms with Crippen molar-refractivity contribution in [2.75, 3.05) is 5.32 Å². The highest BCUT2D eigenvalue weighted by Gasteiger charge is 2.19. The summed E-state index contributed by atoms with van der Waals surface area (Å²) in [6.45, 7) is 3.28. The fourth-order valence-corrected chi connectivity index (χ4v) is 5.53. The van der Waals surface area contributed by atoms with E-state index in [9.17, 15) is 18.7 Å². The van der Waals surface area contributed by atoms with E-state index in [-0.39, 0.29) is 17.1 Å². The van der Waals surface area contributed by atoms with Crippen molar-refractivity contribution in [3.05, 3.63) is 64.0 Å². The van der Waals surface area contributed by atoms with Crippen LogP contribution in [-0.4, -0.2) is 27.7 Å². The van der Waals surface area contributed by atoms with Gasteiger partial charge in [0.2, 0.25) is 0 Å². The fraction of sp³-hybridized carbons (Fsp3) is 0.240. The number of alkyl halides is 2. The van der Waals surface area contributed by atoms with Crippen LogP contribution in [0.4, 0.5) is 19.7 Å². The van der Waals surface area contributed by atoms with Gasteiger partial charge in [0.15, 0.2) is 5.13 Å². The molecule has 0 amide bonds. The minimum absolute atomic E-state index is 0.0456. The zero-order valence-corrected chi connectivity index (χ0v) is 20.8. The van der Waals surface area contributed by atoms with Crippen LogP contribution in [0.1, 0.15) is 34.0 Å². The molecular formula is C25H23F2N3O3S2. The van der Waals surface area contributed by atoms with Crippen molar-refractivity contribution in [2.45, 2.75) is 33.8 Å². The number of hydrogen-bond donors (Lipinski definition) is 2. The van der Waals surface area contributed by atoms with Gasteiger partial charge in [-0.15, -0.1) is 22.7 Å². The Morgan fingerprint density at radius 3 is 2.46 bits per heavy atom. The number of aryl methyl sites for hydroxylation is 1. The van der Waals surface area contributed by atoms with Crippen LogP contribution in [0.5, 0.6) is 5.75 Å². The summed E-state index contributed by atoms with van der Waals surface area (Å²) < 4.78 is 29.4. The number of benzene rings is 1. The lowest BCUT2D eigenvalue weighted by Gasteiger charge is -2.08. The zero-order valence-electron chi connectivity index (χ0n) is 19.2. The number of aromatic carboxylic acids is 1.